The van der Waals surface area contributed by atoms with Gasteiger partial charge in [-0.25, -0.2) is 8.42 Å². The molecule has 114 valence electrons. The maximum absolute atomic E-state index is 12.3. The first-order chi connectivity index (χ1) is 9.88. The highest BCUT2D eigenvalue weighted by molar-refractivity contribution is 7.92. The Bertz CT molecular complexity index is 635. The maximum atomic E-state index is 12.3. The Morgan fingerprint density at radius 2 is 2.00 bits per heavy atom. The number of aryl methyl sites for hydroxylation is 1. The number of sulfonamides is 1. The Morgan fingerprint density at radius 1 is 1.33 bits per heavy atom. The SMILES string of the molecule is Cc1ccc(/C=C\S(=O)(=O)N2CCC[C@@H](C(N)=O)C2)cc1. The van der Waals surface area contributed by atoms with E-state index in [-0.39, 0.29) is 12.5 Å². The summed E-state index contributed by atoms with van der Waals surface area (Å²) >= 11 is 0. The molecule has 1 aromatic rings. The molecule has 1 aliphatic heterocycles. The van der Waals surface area contributed by atoms with Gasteiger partial charge < -0.3 is 5.73 Å². The number of amides is 1. The van der Waals surface area contributed by atoms with Gasteiger partial charge in [0, 0.05) is 18.5 Å². The number of piperidine rings is 1. The van der Waals surface area contributed by atoms with Gasteiger partial charge in [-0.3, -0.25) is 4.79 Å². The van der Waals surface area contributed by atoms with Crippen LogP contribution < -0.4 is 5.73 Å². The zero-order valence-electron chi connectivity index (χ0n) is 12.0. The lowest BCUT2D eigenvalue weighted by Crippen LogP contribution is -2.43. The van der Waals surface area contributed by atoms with Gasteiger partial charge in [0.05, 0.1) is 5.92 Å². The minimum atomic E-state index is -3.51. The van der Waals surface area contributed by atoms with Gasteiger partial charge in [0.25, 0.3) is 0 Å². The van der Waals surface area contributed by atoms with E-state index in [1.54, 1.807) is 6.08 Å². The summed E-state index contributed by atoms with van der Waals surface area (Å²) in [6.07, 6.45) is 2.89. The van der Waals surface area contributed by atoms with E-state index < -0.39 is 15.9 Å². The number of hydrogen-bond acceptors (Lipinski definition) is 3. The Balaban J connectivity index is 2.10. The van der Waals surface area contributed by atoms with Gasteiger partial charge in [-0.2, -0.15) is 4.31 Å². The summed E-state index contributed by atoms with van der Waals surface area (Å²) in [6, 6.07) is 7.58. The summed E-state index contributed by atoms with van der Waals surface area (Å²) in [5, 5.41) is 1.20. The summed E-state index contributed by atoms with van der Waals surface area (Å²) < 4.78 is 25.9. The number of hydrogen-bond donors (Lipinski definition) is 1. The topological polar surface area (TPSA) is 80.5 Å². The first kappa shape index (κ1) is 15.7. The quantitative estimate of drug-likeness (QED) is 0.915. The Labute approximate surface area is 125 Å². The highest BCUT2D eigenvalue weighted by Crippen LogP contribution is 2.20. The van der Waals surface area contributed by atoms with E-state index in [1.807, 2.05) is 31.2 Å². The Kier molecular flexibility index (Phi) is 4.80. The molecule has 2 rings (SSSR count). The third kappa shape index (κ3) is 4.15. The molecular formula is C15H20N2O3S. The van der Waals surface area contributed by atoms with E-state index in [2.05, 4.69) is 0 Å². The normalized spacial score (nSPS) is 20.7. The van der Waals surface area contributed by atoms with Crippen LogP contribution in [-0.4, -0.2) is 31.7 Å². The average molecular weight is 308 g/mol. The molecule has 0 aliphatic carbocycles. The van der Waals surface area contributed by atoms with Crippen molar-refractivity contribution >= 4 is 22.0 Å². The van der Waals surface area contributed by atoms with E-state index in [0.717, 1.165) is 11.1 Å². The second-order valence-corrected chi connectivity index (χ2v) is 7.18. The van der Waals surface area contributed by atoms with Gasteiger partial charge in [0.2, 0.25) is 15.9 Å². The predicted octanol–water partition coefficient (Wildman–Crippen LogP) is 1.49. The third-order valence-electron chi connectivity index (χ3n) is 3.66. The summed E-state index contributed by atoms with van der Waals surface area (Å²) in [6.45, 7) is 2.59. The second kappa shape index (κ2) is 6.41. The van der Waals surface area contributed by atoms with Gasteiger partial charge in [-0.1, -0.05) is 29.8 Å². The van der Waals surface area contributed by atoms with E-state index in [0.29, 0.717) is 19.4 Å². The molecule has 0 spiro atoms. The van der Waals surface area contributed by atoms with Crippen molar-refractivity contribution in [3.8, 4) is 0 Å². The molecule has 0 radical (unpaired) electrons. The lowest BCUT2D eigenvalue weighted by molar-refractivity contribution is -0.122. The van der Waals surface area contributed by atoms with Crippen LogP contribution in [0.15, 0.2) is 29.7 Å². The first-order valence-corrected chi connectivity index (χ1v) is 8.43. The van der Waals surface area contributed by atoms with Crippen molar-refractivity contribution in [2.24, 2.45) is 11.7 Å². The number of nitrogens with two attached hydrogens (primary N) is 1. The van der Waals surface area contributed by atoms with Crippen molar-refractivity contribution in [2.45, 2.75) is 19.8 Å². The molecule has 2 N–H and O–H groups in total. The van der Waals surface area contributed by atoms with Crippen molar-refractivity contribution in [1.82, 2.24) is 4.31 Å². The van der Waals surface area contributed by atoms with Crippen molar-refractivity contribution in [3.05, 3.63) is 40.8 Å². The lowest BCUT2D eigenvalue weighted by atomic mass is 9.99. The average Bonchev–Trinajstić information content (AvgIpc) is 2.47. The van der Waals surface area contributed by atoms with Crippen molar-refractivity contribution in [3.63, 3.8) is 0 Å². The fourth-order valence-electron chi connectivity index (χ4n) is 2.33. The van der Waals surface area contributed by atoms with Crippen LogP contribution in [0.1, 0.15) is 24.0 Å². The number of carbonyl (C=O) groups excluding carboxylic acids is 1. The summed E-state index contributed by atoms with van der Waals surface area (Å²) in [4.78, 5) is 11.2. The van der Waals surface area contributed by atoms with E-state index in [9.17, 15) is 13.2 Å². The molecule has 0 saturated carbocycles. The molecule has 0 bridgehead atoms. The summed E-state index contributed by atoms with van der Waals surface area (Å²) in [5.41, 5.74) is 7.22. The smallest absolute Gasteiger partial charge is 0.236 e. The van der Waals surface area contributed by atoms with Gasteiger partial charge in [0.1, 0.15) is 0 Å². The monoisotopic (exact) mass is 308 g/mol. The molecular weight excluding hydrogens is 288 g/mol. The molecule has 1 aromatic carbocycles. The zero-order valence-corrected chi connectivity index (χ0v) is 12.8. The minimum absolute atomic E-state index is 0.176. The van der Waals surface area contributed by atoms with Gasteiger partial charge in [0.15, 0.2) is 0 Å². The molecule has 1 amide bonds. The molecule has 1 fully saturated rings. The molecule has 5 nitrogen and oxygen atoms in total. The number of nitrogens with zero attached hydrogens (tertiary/aromatic N) is 1. The highest BCUT2D eigenvalue weighted by Gasteiger charge is 2.29. The molecule has 0 aromatic heterocycles. The molecule has 1 aliphatic rings. The lowest BCUT2D eigenvalue weighted by Gasteiger charge is -2.29. The van der Waals surface area contributed by atoms with Crippen molar-refractivity contribution in [2.75, 3.05) is 13.1 Å². The number of benzene rings is 1. The van der Waals surface area contributed by atoms with Gasteiger partial charge >= 0.3 is 0 Å². The van der Waals surface area contributed by atoms with Crippen LogP contribution in [0.5, 0.6) is 0 Å². The largest absolute Gasteiger partial charge is 0.369 e. The Hall–Kier alpha value is -1.66. The highest BCUT2D eigenvalue weighted by atomic mass is 32.2. The first-order valence-electron chi connectivity index (χ1n) is 6.93. The number of rotatable bonds is 4. The number of primary amides is 1. The van der Waals surface area contributed by atoms with Crippen LogP contribution >= 0.6 is 0 Å². The zero-order chi connectivity index (χ0) is 15.5. The molecule has 1 saturated heterocycles. The van der Waals surface area contributed by atoms with Crippen LogP contribution in [-0.2, 0) is 14.8 Å². The minimum Gasteiger partial charge on any atom is -0.369 e. The molecule has 21 heavy (non-hydrogen) atoms. The van der Waals surface area contributed by atoms with Crippen LogP contribution in [0.3, 0.4) is 0 Å². The van der Waals surface area contributed by atoms with Gasteiger partial charge in [-0.05, 0) is 31.4 Å². The summed E-state index contributed by atoms with van der Waals surface area (Å²) in [5.74, 6) is -0.821. The summed E-state index contributed by atoms with van der Waals surface area (Å²) in [7, 11) is -3.51. The van der Waals surface area contributed by atoms with Crippen LogP contribution in [0.25, 0.3) is 6.08 Å². The fourth-order valence-corrected chi connectivity index (χ4v) is 3.61. The maximum Gasteiger partial charge on any atom is 0.236 e. The van der Waals surface area contributed by atoms with Crippen molar-refractivity contribution in [1.29, 1.82) is 0 Å². The molecule has 1 heterocycles. The fraction of sp³-hybridized carbons (Fsp3) is 0.400. The third-order valence-corrected chi connectivity index (χ3v) is 5.19. The molecule has 6 heteroatoms. The molecule has 1 atom stereocenters. The van der Waals surface area contributed by atoms with Crippen LogP contribution in [0.2, 0.25) is 0 Å². The van der Waals surface area contributed by atoms with Crippen LogP contribution in [0.4, 0.5) is 0 Å². The van der Waals surface area contributed by atoms with E-state index in [4.69, 9.17) is 5.73 Å². The predicted molar refractivity (Wildman–Crippen MR) is 82.6 cm³/mol. The second-order valence-electron chi connectivity index (χ2n) is 5.36. The van der Waals surface area contributed by atoms with E-state index >= 15 is 0 Å². The van der Waals surface area contributed by atoms with Crippen LogP contribution in [0, 0.1) is 12.8 Å². The Morgan fingerprint density at radius 3 is 2.62 bits per heavy atom. The van der Waals surface area contributed by atoms with E-state index in [1.165, 1.54) is 9.71 Å². The molecule has 0 unspecified atom stereocenters. The standard InChI is InChI=1S/C15H20N2O3S/c1-12-4-6-13(7-5-12)8-10-21(19,20)17-9-2-3-14(11-17)15(16)18/h4-8,10,14H,2-3,9,11H2,1H3,(H2,16,18)/b10-8-/t14-/m1/s1. The van der Waals surface area contributed by atoms with Crippen molar-refractivity contribution < 1.29 is 13.2 Å². The number of carbonyl (C=O) groups is 1. The van der Waals surface area contributed by atoms with Gasteiger partial charge in [-0.15, -0.1) is 0 Å².